The molecule has 2 bridgehead atoms. The Morgan fingerprint density at radius 1 is 1.00 bits per heavy atom. The molecule has 4 aliphatic rings. The Balaban J connectivity index is 1.25. The summed E-state index contributed by atoms with van der Waals surface area (Å²) in [6.07, 6.45) is 4.23. The summed E-state index contributed by atoms with van der Waals surface area (Å²) >= 11 is 0. The van der Waals surface area contributed by atoms with E-state index in [2.05, 4.69) is 49.1 Å². The molecule has 0 unspecified atom stereocenters. The van der Waals surface area contributed by atoms with Crippen molar-refractivity contribution in [3.63, 3.8) is 0 Å². The lowest BCUT2D eigenvalue weighted by atomic mass is 9.51. The molecule has 7 heteroatoms. The van der Waals surface area contributed by atoms with Crippen molar-refractivity contribution in [3.05, 3.63) is 95.1 Å². The van der Waals surface area contributed by atoms with Crippen LogP contribution >= 0.6 is 0 Å². The van der Waals surface area contributed by atoms with Crippen molar-refractivity contribution in [2.45, 2.75) is 75.3 Å². The summed E-state index contributed by atoms with van der Waals surface area (Å²) < 4.78 is 37.0. The molecule has 2 fully saturated rings. The van der Waals surface area contributed by atoms with Gasteiger partial charge in [0.25, 0.3) is 0 Å². The number of ether oxygens (including phenoxy) is 1. The van der Waals surface area contributed by atoms with Gasteiger partial charge >= 0.3 is 0 Å². The van der Waals surface area contributed by atoms with Crippen LogP contribution in [-0.4, -0.2) is 60.6 Å². The summed E-state index contributed by atoms with van der Waals surface area (Å²) in [5.74, 6) is 1.76. The van der Waals surface area contributed by atoms with Crippen molar-refractivity contribution in [2.24, 2.45) is 11.8 Å². The minimum Gasteiger partial charge on any atom is -0.508 e. The molecule has 1 saturated carbocycles. The highest BCUT2D eigenvalue weighted by molar-refractivity contribution is 7.88. The number of likely N-dealkylation sites (tertiary alicyclic amines) is 1. The van der Waals surface area contributed by atoms with Crippen LogP contribution in [0.5, 0.6) is 11.5 Å². The van der Waals surface area contributed by atoms with Crippen LogP contribution in [0.25, 0.3) is 0 Å². The van der Waals surface area contributed by atoms with Gasteiger partial charge in [0.2, 0.25) is 10.0 Å². The molecule has 2 aliphatic carbocycles. The maximum absolute atomic E-state index is 14.2. The fourth-order valence-electron chi connectivity index (χ4n) is 8.78. The third-order valence-electron chi connectivity index (χ3n) is 10.4. The van der Waals surface area contributed by atoms with E-state index >= 15 is 0 Å². The highest BCUT2D eigenvalue weighted by Gasteiger charge is 2.66. The second-order valence-electron chi connectivity index (χ2n) is 13.3. The Bertz CT molecular complexity index is 1540. The van der Waals surface area contributed by atoms with Gasteiger partial charge in [0.05, 0.1) is 11.8 Å². The van der Waals surface area contributed by atoms with Crippen molar-refractivity contribution in [3.8, 4) is 11.5 Å². The predicted octanol–water partition coefficient (Wildman–Crippen LogP) is 5.53. The zero-order valence-corrected chi connectivity index (χ0v) is 25.5. The highest BCUT2D eigenvalue weighted by atomic mass is 32.2. The molecule has 6 nitrogen and oxygen atoms in total. The van der Waals surface area contributed by atoms with Crippen LogP contribution in [0.2, 0.25) is 0 Å². The molecule has 2 aliphatic heterocycles. The summed E-state index contributed by atoms with van der Waals surface area (Å²) in [4.78, 5) is 2.64. The third kappa shape index (κ3) is 4.56. The second kappa shape index (κ2) is 10.7. The number of rotatable bonds is 9. The maximum atomic E-state index is 14.2. The first-order chi connectivity index (χ1) is 20.3. The SMILES string of the molecule is CC(C)CN([C@@H]1CC[C@H]2[C@H]3Cc4c(O)ccc5c4[C@@]2(CCN3CCc2ccccc2)[C@H]1O5)S(=O)(=O)Cc1ccccc1. The fourth-order valence-corrected chi connectivity index (χ4v) is 10.7. The van der Waals surface area contributed by atoms with Gasteiger partial charge in [-0.25, -0.2) is 8.42 Å². The van der Waals surface area contributed by atoms with Gasteiger partial charge < -0.3 is 9.84 Å². The van der Waals surface area contributed by atoms with Crippen LogP contribution in [-0.2, 0) is 34.0 Å². The highest BCUT2D eigenvalue weighted by Crippen LogP contribution is 2.64. The lowest BCUT2D eigenvalue weighted by Gasteiger charge is -2.60. The Morgan fingerprint density at radius 2 is 1.71 bits per heavy atom. The molecule has 3 aromatic rings. The van der Waals surface area contributed by atoms with E-state index < -0.39 is 10.0 Å². The number of hydrogen-bond donors (Lipinski definition) is 1. The van der Waals surface area contributed by atoms with Gasteiger partial charge in [-0.2, -0.15) is 4.31 Å². The van der Waals surface area contributed by atoms with Crippen LogP contribution in [0.1, 0.15) is 55.4 Å². The summed E-state index contributed by atoms with van der Waals surface area (Å²) in [5.41, 5.74) is 4.06. The minimum atomic E-state index is -3.60. The molecular formula is C35H42N2O4S. The average molecular weight is 587 g/mol. The molecule has 222 valence electrons. The number of phenolic OH excluding ortho intramolecular Hbond substituents is 1. The third-order valence-corrected chi connectivity index (χ3v) is 12.2. The molecule has 1 saturated heterocycles. The van der Waals surface area contributed by atoms with Crippen LogP contribution in [0, 0.1) is 11.8 Å². The molecule has 7 rings (SSSR count). The van der Waals surface area contributed by atoms with Gasteiger partial charge in [0.1, 0.15) is 17.6 Å². The molecule has 1 spiro atoms. The van der Waals surface area contributed by atoms with E-state index in [1.54, 1.807) is 10.4 Å². The van der Waals surface area contributed by atoms with Crippen molar-refractivity contribution in [1.82, 2.24) is 9.21 Å². The standard InChI is InChI=1S/C35H42N2O4S/c1-24(2)22-37(42(39,40)23-26-11-7-4-8-12-26)29-14-13-28-30-21-27-31(38)15-16-32-33(27)35(28,34(29)41-32)18-20-36(30)19-17-25-9-5-3-6-10-25/h3-12,15-16,24,28-30,34,38H,13-14,17-23H2,1-2H3/t28-,29+,30+,34-,35-/m0/s1. The number of phenols is 1. The van der Waals surface area contributed by atoms with E-state index in [0.717, 1.165) is 62.1 Å². The van der Waals surface area contributed by atoms with Gasteiger partial charge in [-0.1, -0.05) is 74.5 Å². The van der Waals surface area contributed by atoms with Crippen molar-refractivity contribution >= 4 is 10.0 Å². The summed E-state index contributed by atoms with van der Waals surface area (Å²) in [5, 5.41) is 11.1. The Labute approximate surface area is 250 Å². The van der Waals surface area contributed by atoms with Crippen molar-refractivity contribution in [2.75, 3.05) is 19.6 Å². The molecule has 1 N–H and O–H groups in total. The number of benzene rings is 3. The largest absolute Gasteiger partial charge is 0.508 e. The number of sulfonamides is 1. The molecule has 42 heavy (non-hydrogen) atoms. The van der Waals surface area contributed by atoms with E-state index in [9.17, 15) is 13.5 Å². The van der Waals surface area contributed by atoms with Crippen LogP contribution < -0.4 is 4.74 Å². The van der Waals surface area contributed by atoms with Gasteiger partial charge in [0, 0.05) is 35.7 Å². The van der Waals surface area contributed by atoms with E-state index in [0.29, 0.717) is 24.3 Å². The number of hydrogen-bond acceptors (Lipinski definition) is 5. The summed E-state index contributed by atoms with van der Waals surface area (Å²) in [6, 6.07) is 24.0. The second-order valence-corrected chi connectivity index (χ2v) is 15.2. The normalized spacial score (nSPS) is 28.1. The van der Waals surface area contributed by atoms with Gasteiger partial charge in [-0.05, 0) is 73.7 Å². The maximum Gasteiger partial charge on any atom is 0.218 e. The number of nitrogens with zero attached hydrogens (tertiary/aromatic N) is 2. The molecule has 0 aromatic heterocycles. The van der Waals surface area contributed by atoms with Crippen molar-refractivity contribution in [1.29, 1.82) is 0 Å². The molecule has 0 radical (unpaired) electrons. The van der Waals surface area contributed by atoms with Gasteiger partial charge in [-0.3, -0.25) is 4.90 Å². The summed E-state index contributed by atoms with van der Waals surface area (Å²) in [7, 11) is -3.60. The topological polar surface area (TPSA) is 70.1 Å². The van der Waals surface area contributed by atoms with Crippen LogP contribution in [0.3, 0.4) is 0 Å². The van der Waals surface area contributed by atoms with Crippen LogP contribution in [0.15, 0.2) is 72.8 Å². The average Bonchev–Trinajstić information content (AvgIpc) is 3.31. The molecule has 5 atom stereocenters. The first-order valence-corrected chi connectivity index (χ1v) is 17.2. The first kappa shape index (κ1) is 27.9. The Morgan fingerprint density at radius 3 is 2.43 bits per heavy atom. The zero-order valence-electron chi connectivity index (χ0n) is 24.7. The monoisotopic (exact) mass is 586 g/mol. The van der Waals surface area contributed by atoms with E-state index in [1.165, 1.54) is 11.1 Å². The quantitative estimate of drug-likeness (QED) is 0.357. The lowest BCUT2D eigenvalue weighted by molar-refractivity contribution is -0.0771. The molecule has 3 aromatic carbocycles. The molecule has 2 heterocycles. The Hall–Kier alpha value is -2.87. The van der Waals surface area contributed by atoms with Gasteiger partial charge in [0.15, 0.2) is 0 Å². The zero-order chi connectivity index (χ0) is 29.1. The minimum absolute atomic E-state index is 0.00488. The van der Waals surface area contributed by atoms with Gasteiger partial charge in [-0.15, -0.1) is 0 Å². The smallest absolute Gasteiger partial charge is 0.218 e. The first-order valence-electron chi connectivity index (χ1n) is 15.6. The number of aromatic hydroxyl groups is 1. The molecular weight excluding hydrogens is 544 g/mol. The molecule has 0 amide bonds. The summed E-state index contributed by atoms with van der Waals surface area (Å²) in [6.45, 7) is 6.60. The van der Waals surface area contributed by atoms with E-state index in [4.69, 9.17) is 4.74 Å². The van der Waals surface area contributed by atoms with E-state index in [-0.39, 0.29) is 29.2 Å². The lowest BCUT2D eigenvalue weighted by Crippen LogP contribution is -2.69. The van der Waals surface area contributed by atoms with Crippen LogP contribution in [0.4, 0.5) is 0 Å². The predicted molar refractivity (Wildman–Crippen MR) is 165 cm³/mol. The number of piperidine rings is 1. The van der Waals surface area contributed by atoms with E-state index in [1.807, 2.05) is 36.4 Å². The van der Waals surface area contributed by atoms with Crippen molar-refractivity contribution < 1.29 is 18.3 Å². The Kier molecular flexibility index (Phi) is 7.11. The fraction of sp³-hybridized carbons (Fsp3) is 0.486.